The number of nitrogens with zero attached hydrogens (tertiary/aromatic N) is 3. The van der Waals surface area contributed by atoms with Crippen LogP contribution >= 0.6 is 11.8 Å². The number of aryl methyl sites for hydroxylation is 2. The van der Waals surface area contributed by atoms with E-state index in [1.807, 2.05) is 56.3 Å². The van der Waals surface area contributed by atoms with E-state index in [1.54, 1.807) is 6.20 Å². The Balaban J connectivity index is 1.85. The van der Waals surface area contributed by atoms with Gasteiger partial charge in [0.05, 0.1) is 0 Å². The summed E-state index contributed by atoms with van der Waals surface area (Å²) in [6, 6.07) is 13.3. The zero-order valence-electron chi connectivity index (χ0n) is 12.9. The van der Waals surface area contributed by atoms with Crippen LogP contribution in [0.5, 0.6) is 11.5 Å². The lowest BCUT2D eigenvalue weighted by molar-refractivity contribution is 0.481. The summed E-state index contributed by atoms with van der Waals surface area (Å²) in [5.41, 5.74) is 7.77. The van der Waals surface area contributed by atoms with Crippen molar-refractivity contribution < 1.29 is 4.74 Å². The second-order valence-corrected chi connectivity index (χ2v) is 6.05. The summed E-state index contributed by atoms with van der Waals surface area (Å²) in [7, 11) is 0. The number of hydrogen-bond acceptors (Lipinski definition) is 6. The van der Waals surface area contributed by atoms with E-state index in [4.69, 9.17) is 10.5 Å². The normalized spacial score (nSPS) is 10.5. The number of pyridine rings is 1. The van der Waals surface area contributed by atoms with Crippen LogP contribution in [0.25, 0.3) is 0 Å². The molecular weight excluding hydrogens is 308 g/mol. The fourth-order valence-corrected chi connectivity index (χ4v) is 2.90. The average molecular weight is 324 g/mol. The highest BCUT2D eigenvalue weighted by atomic mass is 32.2. The monoisotopic (exact) mass is 324 g/mol. The lowest BCUT2D eigenvalue weighted by Crippen LogP contribution is -1.96. The Kier molecular flexibility index (Phi) is 4.43. The molecule has 0 aliphatic heterocycles. The third-order valence-electron chi connectivity index (χ3n) is 3.00. The van der Waals surface area contributed by atoms with Crippen molar-refractivity contribution >= 4 is 17.6 Å². The number of nitrogen functional groups attached to an aromatic ring is 1. The van der Waals surface area contributed by atoms with Gasteiger partial charge in [0, 0.05) is 28.5 Å². The van der Waals surface area contributed by atoms with E-state index in [9.17, 15) is 0 Å². The molecule has 0 atom stereocenters. The van der Waals surface area contributed by atoms with Gasteiger partial charge in [-0.1, -0.05) is 18.2 Å². The molecule has 0 saturated carbocycles. The van der Waals surface area contributed by atoms with Gasteiger partial charge >= 0.3 is 0 Å². The van der Waals surface area contributed by atoms with Crippen molar-refractivity contribution in [2.24, 2.45) is 0 Å². The number of hydrogen-bond donors (Lipinski definition) is 1. The van der Waals surface area contributed by atoms with Crippen LogP contribution in [0.15, 0.2) is 58.7 Å². The quantitative estimate of drug-likeness (QED) is 0.731. The molecule has 3 aromatic rings. The molecule has 0 unspecified atom stereocenters. The minimum Gasteiger partial charge on any atom is -0.453 e. The van der Waals surface area contributed by atoms with Crippen LogP contribution < -0.4 is 10.5 Å². The molecule has 6 heteroatoms. The highest BCUT2D eigenvalue weighted by molar-refractivity contribution is 7.99. The first kappa shape index (κ1) is 15.3. The van der Waals surface area contributed by atoms with Crippen LogP contribution in [0.3, 0.4) is 0 Å². The molecule has 2 aromatic heterocycles. The standard InChI is InChI=1S/C17H16N4OS/c1-11-8-12(2)21-17(20-11)23-14-9-15(16(18)19-10-14)22-13-6-4-3-5-7-13/h3-10H,1-2H3,(H2,18,19). The summed E-state index contributed by atoms with van der Waals surface area (Å²) < 4.78 is 5.79. The first-order valence-electron chi connectivity index (χ1n) is 7.09. The van der Waals surface area contributed by atoms with Gasteiger partial charge in [0.1, 0.15) is 5.75 Å². The Labute approximate surface area is 139 Å². The summed E-state index contributed by atoms with van der Waals surface area (Å²) in [5, 5.41) is 0.680. The van der Waals surface area contributed by atoms with Crippen molar-refractivity contribution in [3.05, 3.63) is 60.0 Å². The van der Waals surface area contributed by atoms with Crippen molar-refractivity contribution in [2.45, 2.75) is 23.9 Å². The maximum Gasteiger partial charge on any atom is 0.192 e. The molecule has 0 bridgehead atoms. The number of ether oxygens (including phenoxy) is 1. The Bertz CT molecular complexity index is 804. The van der Waals surface area contributed by atoms with Crippen LogP contribution in [0.4, 0.5) is 5.82 Å². The Morgan fingerprint density at radius 2 is 1.70 bits per heavy atom. The number of para-hydroxylation sites is 1. The van der Waals surface area contributed by atoms with Gasteiger partial charge < -0.3 is 10.5 Å². The van der Waals surface area contributed by atoms with E-state index >= 15 is 0 Å². The van der Waals surface area contributed by atoms with E-state index < -0.39 is 0 Å². The molecule has 0 amide bonds. The van der Waals surface area contributed by atoms with Gasteiger partial charge in [0.25, 0.3) is 0 Å². The van der Waals surface area contributed by atoms with Gasteiger partial charge in [-0.25, -0.2) is 15.0 Å². The van der Waals surface area contributed by atoms with Crippen LogP contribution in [0.2, 0.25) is 0 Å². The fourth-order valence-electron chi connectivity index (χ4n) is 2.03. The Morgan fingerprint density at radius 3 is 2.39 bits per heavy atom. The largest absolute Gasteiger partial charge is 0.453 e. The second-order valence-electron chi connectivity index (χ2n) is 5.00. The van der Waals surface area contributed by atoms with Crippen LogP contribution in [0, 0.1) is 13.8 Å². The molecule has 0 fully saturated rings. The van der Waals surface area contributed by atoms with Crippen LogP contribution in [0.1, 0.15) is 11.4 Å². The SMILES string of the molecule is Cc1cc(C)nc(Sc2cnc(N)c(Oc3ccccc3)c2)n1. The minimum absolute atomic E-state index is 0.347. The maximum atomic E-state index is 5.90. The van der Waals surface area contributed by atoms with E-state index in [0.29, 0.717) is 22.5 Å². The van der Waals surface area contributed by atoms with Gasteiger partial charge in [-0.15, -0.1) is 0 Å². The maximum absolute atomic E-state index is 5.90. The molecule has 1 aromatic carbocycles. The van der Waals surface area contributed by atoms with Gasteiger partial charge in [-0.3, -0.25) is 0 Å². The van der Waals surface area contributed by atoms with Crippen LogP contribution in [-0.4, -0.2) is 15.0 Å². The molecule has 2 heterocycles. The van der Waals surface area contributed by atoms with E-state index in [1.165, 1.54) is 11.8 Å². The molecule has 0 saturated heterocycles. The first-order valence-corrected chi connectivity index (χ1v) is 7.90. The summed E-state index contributed by atoms with van der Waals surface area (Å²) >= 11 is 1.43. The number of rotatable bonds is 4. The number of aromatic nitrogens is 3. The van der Waals surface area contributed by atoms with E-state index in [-0.39, 0.29) is 0 Å². The number of benzene rings is 1. The van der Waals surface area contributed by atoms with E-state index in [0.717, 1.165) is 16.3 Å². The van der Waals surface area contributed by atoms with Crippen molar-refractivity contribution in [3.8, 4) is 11.5 Å². The van der Waals surface area contributed by atoms with Crippen molar-refractivity contribution in [1.82, 2.24) is 15.0 Å². The minimum atomic E-state index is 0.347. The Morgan fingerprint density at radius 1 is 1.00 bits per heavy atom. The average Bonchev–Trinajstić information content (AvgIpc) is 2.51. The van der Waals surface area contributed by atoms with Gasteiger partial charge in [-0.2, -0.15) is 0 Å². The van der Waals surface area contributed by atoms with Crippen molar-refractivity contribution in [1.29, 1.82) is 0 Å². The van der Waals surface area contributed by atoms with Gasteiger partial charge in [0.2, 0.25) is 0 Å². The first-order chi connectivity index (χ1) is 11.1. The zero-order valence-corrected chi connectivity index (χ0v) is 13.7. The zero-order chi connectivity index (χ0) is 16.2. The van der Waals surface area contributed by atoms with Crippen molar-refractivity contribution in [2.75, 3.05) is 5.73 Å². The summed E-state index contributed by atoms with van der Waals surface area (Å²) in [6.45, 7) is 3.90. The van der Waals surface area contributed by atoms with Crippen LogP contribution in [-0.2, 0) is 0 Å². The number of nitrogens with two attached hydrogens (primary N) is 1. The third kappa shape index (κ3) is 3.98. The molecule has 5 nitrogen and oxygen atoms in total. The Hall–Kier alpha value is -2.60. The second kappa shape index (κ2) is 6.66. The lowest BCUT2D eigenvalue weighted by atomic mass is 10.3. The molecular formula is C17H16N4OS. The smallest absolute Gasteiger partial charge is 0.192 e. The lowest BCUT2D eigenvalue weighted by Gasteiger charge is -2.09. The highest BCUT2D eigenvalue weighted by Crippen LogP contribution is 2.32. The summed E-state index contributed by atoms with van der Waals surface area (Å²) in [6.07, 6.45) is 1.69. The molecule has 0 aliphatic carbocycles. The fraction of sp³-hybridized carbons (Fsp3) is 0.118. The predicted octanol–water partition coefficient (Wildman–Crippen LogP) is 4.01. The summed E-state index contributed by atoms with van der Waals surface area (Å²) in [5.74, 6) is 1.58. The van der Waals surface area contributed by atoms with Gasteiger partial charge in [0.15, 0.2) is 16.7 Å². The highest BCUT2D eigenvalue weighted by Gasteiger charge is 2.09. The molecule has 2 N–H and O–H groups in total. The number of anilines is 1. The van der Waals surface area contributed by atoms with Gasteiger partial charge in [-0.05, 0) is 43.8 Å². The van der Waals surface area contributed by atoms with E-state index in [2.05, 4.69) is 15.0 Å². The molecule has 23 heavy (non-hydrogen) atoms. The van der Waals surface area contributed by atoms with Crippen molar-refractivity contribution in [3.63, 3.8) is 0 Å². The molecule has 0 spiro atoms. The third-order valence-corrected chi connectivity index (χ3v) is 3.82. The topological polar surface area (TPSA) is 73.9 Å². The molecule has 3 rings (SSSR count). The molecule has 0 aliphatic rings. The molecule has 0 radical (unpaired) electrons. The predicted molar refractivity (Wildman–Crippen MR) is 90.8 cm³/mol. The molecule has 116 valence electrons. The summed E-state index contributed by atoms with van der Waals surface area (Å²) in [4.78, 5) is 13.9.